The number of nitrogens with zero attached hydrogens (tertiary/aromatic N) is 2. The molecule has 1 aliphatic carbocycles. The minimum absolute atomic E-state index is 0.0352. The van der Waals surface area contributed by atoms with E-state index in [2.05, 4.69) is 62.2 Å². The zero-order valence-electron chi connectivity index (χ0n) is 12.9. The van der Waals surface area contributed by atoms with Crippen LogP contribution in [-0.2, 0) is 5.41 Å². The lowest BCUT2D eigenvalue weighted by atomic mass is 9.81. The molecule has 0 saturated heterocycles. The summed E-state index contributed by atoms with van der Waals surface area (Å²) < 4.78 is 0. The molecule has 21 heavy (non-hydrogen) atoms. The molecule has 0 fully saturated rings. The second kappa shape index (κ2) is 3.91. The van der Waals surface area contributed by atoms with Crippen LogP contribution in [0.4, 0.5) is 0 Å². The van der Waals surface area contributed by atoms with Crippen molar-refractivity contribution in [2.24, 2.45) is 0 Å². The van der Waals surface area contributed by atoms with E-state index in [0.717, 1.165) is 17.2 Å². The molecule has 104 valence electrons. The molecule has 0 radical (unpaired) electrons. The van der Waals surface area contributed by atoms with Crippen molar-refractivity contribution in [2.75, 3.05) is 0 Å². The molecular weight excluding hydrogens is 256 g/mol. The van der Waals surface area contributed by atoms with Crippen LogP contribution in [0.1, 0.15) is 36.5 Å². The van der Waals surface area contributed by atoms with Crippen LogP contribution in [0.3, 0.4) is 0 Å². The highest BCUT2D eigenvalue weighted by molar-refractivity contribution is 5.92. The normalized spacial score (nSPS) is 15.0. The van der Waals surface area contributed by atoms with Crippen LogP contribution in [0.5, 0.6) is 0 Å². The van der Waals surface area contributed by atoms with E-state index in [-0.39, 0.29) is 5.41 Å². The van der Waals surface area contributed by atoms with Crippen LogP contribution < -0.4 is 0 Å². The second-order valence-corrected chi connectivity index (χ2v) is 6.45. The molecule has 0 amide bonds. The number of aryl methyl sites for hydroxylation is 2. The molecule has 0 N–H and O–H groups in total. The van der Waals surface area contributed by atoms with Gasteiger partial charge in [-0.1, -0.05) is 38.1 Å². The van der Waals surface area contributed by atoms with Gasteiger partial charge in [0.15, 0.2) is 0 Å². The summed E-state index contributed by atoms with van der Waals surface area (Å²) >= 11 is 0. The van der Waals surface area contributed by atoms with E-state index in [4.69, 9.17) is 4.98 Å². The van der Waals surface area contributed by atoms with Crippen LogP contribution in [0.25, 0.3) is 22.0 Å². The average Bonchev–Trinajstić information content (AvgIpc) is 2.65. The van der Waals surface area contributed by atoms with Crippen molar-refractivity contribution in [1.82, 2.24) is 9.97 Å². The van der Waals surface area contributed by atoms with Crippen molar-refractivity contribution in [2.45, 2.75) is 33.1 Å². The van der Waals surface area contributed by atoms with Gasteiger partial charge in [0.05, 0.1) is 5.69 Å². The van der Waals surface area contributed by atoms with Gasteiger partial charge in [0.2, 0.25) is 0 Å². The van der Waals surface area contributed by atoms with Gasteiger partial charge in [0, 0.05) is 22.2 Å². The maximum Gasteiger partial charge on any atom is 0.126 e. The number of rotatable bonds is 0. The summed E-state index contributed by atoms with van der Waals surface area (Å²) in [6.45, 7) is 8.62. The Balaban J connectivity index is 2.15. The van der Waals surface area contributed by atoms with Gasteiger partial charge in [-0.3, -0.25) is 0 Å². The van der Waals surface area contributed by atoms with Gasteiger partial charge in [-0.2, -0.15) is 0 Å². The van der Waals surface area contributed by atoms with Crippen molar-refractivity contribution < 1.29 is 0 Å². The molecule has 0 unspecified atom stereocenters. The van der Waals surface area contributed by atoms with E-state index in [1.54, 1.807) is 0 Å². The largest absolute Gasteiger partial charge is 0.238 e. The van der Waals surface area contributed by atoms with E-state index in [1.807, 2.05) is 6.92 Å². The number of fused-ring (bicyclic) bond motifs is 4. The molecule has 0 spiro atoms. The zero-order valence-corrected chi connectivity index (χ0v) is 12.9. The lowest BCUT2D eigenvalue weighted by molar-refractivity contribution is 0.648. The van der Waals surface area contributed by atoms with E-state index < -0.39 is 0 Å². The Hall–Kier alpha value is -2.22. The molecule has 2 nitrogen and oxygen atoms in total. The molecule has 0 saturated carbocycles. The minimum Gasteiger partial charge on any atom is -0.238 e. The number of benzene rings is 2. The Morgan fingerprint density at radius 1 is 0.905 bits per heavy atom. The SMILES string of the molecule is Cc1nc(C)c2c(n1)-c1cc3ccccc3cc1C2(C)C. The van der Waals surface area contributed by atoms with Crippen molar-refractivity contribution in [3.63, 3.8) is 0 Å². The van der Waals surface area contributed by atoms with Gasteiger partial charge in [0.25, 0.3) is 0 Å². The molecule has 3 aromatic rings. The van der Waals surface area contributed by atoms with Gasteiger partial charge in [-0.25, -0.2) is 9.97 Å². The lowest BCUT2D eigenvalue weighted by Crippen LogP contribution is -2.17. The molecule has 2 aromatic carbocycles. The van der Waals surface area contributed by atoms with Crippen molar-refractivity contribution >= 4 is 10.8 Å². The zero-order chi connectivity index (χ0) is 14.8. The topological polar surface area (TPSA) is 25.8 Å². The summed E-state index contributed by atoms with van der Waals surface area (Å²) in [5.41, 5.74) is 6.08. The van der Waals surface area contributed by atoms with Crippen LogP contribution in [0, 0.1) is 13.8 Å². The van der Waals surface area contributed by atoms with E-state index >= 15 is 0 Å². The van der Waals surface area contributed by atoms with Crippen molar-refractivity contribution in [3.8, 4) is 11.3 Å². The van der Waals surface area contributed by atoms with Crippen molar-refractivity contribution in [3.05, 3.63) is 59.0 Å². The van der Waals surface area contributed by atoms with Gasteiger partial charge in [-0.05, 0) is 42.3 Å². The molecule has 0 atom stereocenters. The smallest absolute Gasteiger partial charge is 0.126 e. The van der Waals surface area contributed by atoms with Crippen LogP contribution in [-0.4, -0.2) is 9.97 Å². The summed E-state index contributed by atoms with van der Waals surface area (Å²) in [6, 6.07) is 13.1. The maximum atomic E-state index is 4.75. The summed E-state index contributed by atoms with van der Waals surface area (Å²) in [4.78, 5) is 9.33. The average molecular weight is 274 g/mol. The highest BCUT2D eigenvalue weighted by Crippen LogP contribution is 2.49. The minimum atomic E-state index is -0.0352. The first-order chi connectivity index (χ1) is 9.98. The third-order valence-corrected chi connectivity index (χ3v) is 4.64. The summed E-state index contributed by atoms with van der Waals surface area (Å²) in [5, 5.41) is 2.56. The Morgan fingerprint density at radius 3 is 2.29 bits per heavy atom. The third-order valence-electron chi connectivity index (χ3n) is 4.64. The van der Waals surface area contributed by atoms with E-state index in [9.17, 15) is 0 Å². The molecule has 4 rings (SSSR count). The molecule has 1 aliphatic rings. The lowest BCUT2D eigenvalue weighted by Gasteiger charge is -2.22. The summed E-state index contributed by atoms with van der Waals surface area (Å²) in [6.07, 6.45) is 0. The van der Waals surface area contributed by atoms with E-state index in [0.29, 0.717) is 0 Å². The van der Waals surface area contributed by atoms with Gasteiger partial charge >= 0.3 is 0 Å². The first kappa shape index (κ1) is 12.5. The fraction of sp³-hybridized carbons (Fsp3) is 0.263. The first-order valence-electron chi connectivity index (χ1n) is 7.38. The second-order valence-electron chi connectivity index (χ2n) is 6.45. The van der Waals surface area contributed by atoms with Crippen molar-refractivity contribution in [1.29, 1.82) is 0 Å². The standard InChI is InChI=1S/C19H18N2/c1-11-17-18(21-12(2)20-11)15-9-13-7-5-6-8-14(13)10-16(15)19(17,3)4/h5-10H,1-4H3. The monoisotopic (exact) mass is 274 g/mol. The third kappa shape index (κ3) is 1.59. The predicted molar refractivity (Wildman–Crippen MR) is 86.6 cm³/mol. The number of hydrogen-bond acceptors (Lipinski definition) is 2. The first-order valence-corrected chi connectivity index (χ1v) is 7.38. The Bertz CT molecular complexity index is 891. The van der Waals surface area contributed by atoms with Crippen LogP contribution in [0.15, 0.2) is 36.4 Å². The van der Waals surface area contributed by atoms with E-state index in [1.165, 1.54) is 27.5 Å². The number of aromatic nitrogens is 2. The molecule has 0 bridgehead atoms. The predicted octanol–water partition coefficient (Wildman–Crippen LogP) is 4.55. The highest BCUT2D eigenvalue weighted by Gasteiger charge is 2.38. The molecule has 2 heteroatoms. The van der Waals surface area contributed by atoms with Gasteiger partial charge in [-0.15, -0.1) is 0 Å². The van der Waals surface area contributed by atoms with Crippen LogP contribution >= 0.6 is 0 Å². The van der Waals surface area contributed by atoms with Gasteiger partial charge in [0.1, 0.15) is 5.82 Å². The Morgan fingerprint density at radius 2 is 1.57 bits per heavy atom. The highest BCUT2D eigenvalue weighted by atomic mass is 14.9. The Labute approximate surface area is 124 Å². The maximum absolute atomic E-state index is 4.75. The summed E-state index contributed by atoms with van der Waals surface area (Å²) in [7, 11) is 0. The fourth-order valence-electron chi connectivity index (χ4n) is 3.74. The molecule has 0 aliphatic heterocycles. The van der Waals surface area contributed by atoms with Gasteiger partial charge < -0.3 is 0 Å². The quantitative estimate of drug-likeness (QED) is 0.601. The Kier molecular flexibility index (Phi) is 2.33. The molecule has 1 heterocycles. The summed E-state index contributed by atoms with van der Waals surface area (Å²) in [5.74, 6) is 0.850. The fourth-order valence-corrected chi connectivity index (χ4v) is 3.74. The molecular formula is C19H18N2. The molecule has 1 aromatic heterocycles. The van der Waals surface area contributed by atoms with Crippen LogP contribution in [0.2, 0.25) is 0 Å². The number of hydrogen-bond donors (Lipinski definition) is 0.